The molecule has 2 aromatic heterocycles. The van der Waals surface area contributed by atoms with Gasteiger partial charge in [0, 0.05) is 22.2 Å². The normalized spacial score (nSPS) is 14.5. The molecule has 0 spiro atoms. The van der Waals surface area contributed by atoms with E-state index in [-0.39, 0.29) is 11.9 Å². The summed E-state index contributed by atoms with van der Waals surface area (Å²) in [5, 5.41) is 9.37. The number of aromatic nitrogens is 2. The van der Waals surface area contributed by atoms with Crippen molar-refractivity contribution in [2.75, 3.05) is 10.6 Å². The van der Waals surface area contributed by atoms with Crippen LogP contribution in [-0.2, 0) is 0 Å². The predicted molar refractivity (Wildman–Crippen MR) is 118 cm³/mol. The van der Waals surface area contributed by atoms with Crippen LogP contribution in [0.4, 0.5) is 11.4 Å². The number of rotatable bonds is 3. The molecule has 0 aliphatic carbocycles. The highest BCUT2D eigenvalue weighted by Crippen LogP contribution is 2.43. The van der Waals surface area contributed by atoms with Gasteiger partial charge in [-0.3, -0.25) is 9.78 Å². The Labute approximate surface area is 181 Å². The summed E-state index contributed by atoms with van der Waals surface area (Å²) in [6.07, 6.45) is 3.24. The highest BCUT2D eigenvalue weighted by molar-refractivity contribution is 7.10. The number of amides is 1. The molecule has 0 bridgehead atoms. The van der Waals surface area contributed by atoms with Crippen molar-refractivity contribution in [2.45, 2.75) is 6.04 Å². The van der Waals surface area contributed by atoms with Crippen molar-refractivity contribution in [1.29, 1.82) is 0 Å². The zero-order valence-corrected chi connectivity index (χ0v) is 17.1. The summed E-state index contributed by atoms with van der Waals surface area (Å²) in [4.78, 5) is 21.2. The van der Waals surface area contributed by atoms with Crippen molar-refractivity contribution < 1.29 is 9.53 Å². The monoisotopic (exact) mass is 434 g/mol. The fourth-order valence-corrected chi connectivity index (χ4v) is 4.26. The number of para-hydroxylation sites is 1. The largest absolute Gasteiger partial charge is 0.455 e. The number of carbonyl (C=O) groups excluding carboxylic acids is 1. The fraction of sp³-hybridized carbons (Fsp3) is 0.0455. The topological polar surface area (TPSA) is 76.1 Å². The molecule has 1 aliphatic rings. The van der Waals surface area contributed by atoms with E-state index in [1.54, 1.807) is 36.0 Å². The van der Waals surface area contributed by atoms with Crippen molar-refractivity contribution in [1.82, 2.24) is 9.97 Å². The van der Waals surface area contributed by atoms with Crippen LogP contribution in [0.5, 0.6) is 11.5 Å². The van der Waals surface area contributed by atoms with E-state index in [2.05, 4.69) is 20.6 Å². The Hall–Kier alpha value is -3.42. The number of halogens is 1. The van der Waals surface area contributed by atoms with Gasteiger partial charge in [-0.25, -0.2) is 4.98 Å². The number of pyridine rings is 1. The molecule has 0 saturated carbocycles. The summed E-state index contributed by atoms with van der Waals surface area (Å²) < 4.78 is 6.11. The summed E-state index contributed by atoms with van der Waals surface area (Å²) >= 11 is 7.60. The molecule has 4 aromatic rings. The van der Waals surface area contributed by atoms with Gasteiger partial charge in [-0.1, -0.05) is 29.8 Å². The number of nitrogens with zero attached hydrogens (tertiary/aromatic N) is 2. The summed E-state index contributed by atoms with van der Waals surface area (Å²) in [6.45, 7) is 0. The van der Waals surface area contributed by atoms with Crippen LogP contribution in [0, 0.1) is 0 Å². The first-order chi connectivity index (χ1) is 14.7. The Morgan fingerprint density at radius 2 is 2.03 bits per heavy atom. The minimum absolute atomic E-state index is 0.285. The molecular weight excluding hydrogens is 420 g/mol. The maximum absolute atomic E-state index is 12.6. The lowest BCUT2D eigenvalue weighted by atomic mass is 10.1. The van der Waals surface area contributed by atoms with E-state index in [0.29, 0.717) is 22.2 Å². The summed E-state index contributed by atoms with van der Waals surface area (Å²) in [5.74, 6) is 1.13. The van der Waals surface area contributed by atoms with Crippen LogP contribution in [0.1, 0.15) is 27.1 Å². The molecule has 30 heavy (non-hydrogen) atoms. The van der Waals surface area contributed by atoms with Crippen LogP contribution in [0.25, 0.3) is 0 Å². The van der Waals surface area contributed by atoms with E-state index in [1.165, 1.54) is 11.3 Å². The van der Waals surface area contributed by atoms with Gasteiger partial charge in [0.1, 0.15) is 22.5 Å². The van der Waals surface area contributed by atoms with Crippen molar-refractivity contribution in [3.05, 3.63) is 93.7 Å². The van der Waals surface area contributed by atoms with Gasteiger partial charge < -0.3 is 15.4 Å². The van der Waals surface area contributed by atoms with Gasteiger partial charge in [-0.05, 0) is 36.4 Å². The molecule has 148 valence electrons. The van der Waals surface area contributed by atoms with Crippen LogP contribution < -0.4 is 15.4 Å². The molecule has 2 N–H and O–H groups in total. The summed E-state index contributed by atoms with van der Waals surface area (Å²) in [7, 11) is 0. The lowest BCUT2D eigenvalue weighted by molar-refractivity contribution is 0.102. The smallest absolute Gasteiger partial charge is 0.275 e. The molecule has 0 saturated heterocycles. The van der Waals surface area contributed by atoms with Gasteiger partial charge >= 0.3 is 0 Å². The van der Waals surface area contributed by atoms with Gasteiger partial charge in [0.25, 0.3) is 5.91 Å². The van der Waals surface area contributed by atoms with E-state index in [0.717, 1.165) is 22.0 Å². The Morgan fingerprint density at radius 1 is 1.13 bits per heavy atom. The number of benzene rings is 2. The van der Waals surface area contributed by atoms with Crippen LogP contribution in [0.2, 0.25) is 5.02 Å². The molecule has 1 unspecified atom stereocenters. The van der Waals surface area contributed by atoms with Gasteiger partial charge in [0.15, 0.2) is 5.75 Å². The Bertz CT molecular complexity index is 1230. The number of nitrogens with one attached hydrogen (secondary N) is 2. The lowest BCUT2D eigenvalue weighted by Crippen LogP contribution is -2.14. The maximum atomic E-state index is 12.6. The number of anilines is 2. The van der Waals surface area contributed by atoms with Gasteiger partial charge in [0.05, 0.1) is 17.6 Å². The third-order valence-corrected chi connectivity index (χ3v) is 5.76. The van der Waals surface area contributed by atoms with Crippen LogP contribution in [0.15, 0.2) is 72.4 Å². The number of ether oxygens (including phenoxy) is 1. The quantitative estimate of drug-likeness (QED) is 0.429. The van der Waals surface area contributed by atoms with E-state index in [4.69, 9.17) is 16.3 Å². The molecule has 3 heterocycles. The van der Waals surface area contributed by atoms with Crippen molar-refractivity contribution >= 4 is 40.2 Å². The molecule has 0 radical (unpaired) electrons. The molecule has 5 rings (SSSR count). The zero-order valence-electron chi connectivity index (χ0n) is 15.5. The number of fused-ring (bicyclic) bond motifs is 2. The number of hydrogen-bond donors (Lipinski definition) is 2. The molecule has 1 atom stereocenters. The van der Waals surface area contributed by atoms with Crippen LogP contribution in [0.3, 0.4) is 0 Å². The second-order valence-electron chi connectivity index (χ2n) is 6.62. The van der Waals surface area contributed by atoms with Gasteiger partial charge in [-0.2, -0.15) is 0 Å². The van der Waals surface area contributed by atoms with Gasteiger partial charge in [-0.15, -0.1) is 11.3 Å². The fourth-order valence-electron chi connectivity index (χ4n) is 3.22. The number of thiazole rings is 1. The Kier molecular flexibility index (Phi) is 4.82. The summed E-state index contributed by atoms with van der Waals surface area (Å²) in [6, 6.07) is 16.5. The molecular formula is C22H15ClN4O2S. The highest BCUT2D eigenvalue weighted by Gasteiger charge is 2.27. The standard InChI is InChI=1S/C22H15ClN4O2S/c23-13-7-8-19-16(10-13)26-20(15-5-1-2-6-18(15)29-19)22-27-17(12-30-22)21(28)25-14-4-3-9-24-11-14/h1-12,20,26H,(H,25,28). The first-order valence-corrected chi connectivity index (χ1v) is 10.4. The van der Waals surface area contributed by atoms with E-state index in [9.17, 15) is 4.79 Å². The third-order valence-electron chi connectivity index (χ3n) is 4.61. The molecule has 6 nitrogen and oxygen atoms in total. The average Bonchev–Trinajstić information content (AvgIpc) is 3.19. The Balaban J connectivity index is 1.49. The van der Waals surface area contributed by atoms with Gasteiger partial charge in [0.2, 0.25) is 0 Å². The first-order valence-electron chi connectivity index (χ1n) is 9.17. The van der Waals surface area contributed by atoms with E-state index >= 15 is 0 Å². The maximum Gasteiger partial charge on any atom is 0.275 e. The minimum Gasteiger partial charge on any atom is -0.455 e. The Morgan fingerprint density at radius 3 is 2.90 bits per heavy atom. The third kappa shape index (κ3) is 3.60. The van der Waals surface area contributed by atoms with E-state index in [1.807, 2.05) is 36.4 Å². The molecule has 1 aliphatic heterocycles. The molecule has 1 amide bonds. The number of carbonyl (C=O) groups is 1. The molecule has 8 heteroatoms. The lowest BCUT2D eigenvalue weighted by Gasteiger charge is -2.16. The van der Waals surface area contributed by atoms with Crippen molar-refractivity contribution in [3.8, 4) is 11.5 Å². The molecule has 2 aromatic carbocycles. The predicted octanol–water partition coefficient (Wildman–Crippen LogP) is 5.75. The van der Waals surface area contributed by atoms with Crippen molar-refractivity contribution in [3.63, 3.8) is 0 Å². The summed E-state index contributed by atoms with van der Waals surface area (Å²) in [5.41, 5.74) is 2.65. The number of hydrogen-bond acceptors (Lipinski definition) is 6. The van der Waals surface area contributed by atoms with Crippen LogP contribution in [-0.4, -0.2) is 15.9 Å². The van der Waals surface area contributed by atoms with E-state index < -0.39 is 0 Å². The van der Waals surface area contributed by atoms with Crippen molar-refractivity contribution in [2.24, 2.45) is 0 Å². The zero-order chi connectivity index (χ0) is 20.5. The van der Waals surface area contributed by atoms with Crippen LogP contribution >= 0.6 is 22.9 Å². The first kappa shape index (κ1) is 18.6. The average molecular weight is 435 g/mol. The highest BCUT2D eigenvalue weighted by atomic mass is 35.5. The second-order valence-corrected chi connectivity index (χ2v) is 7.95. The second kappa shape index (κ2) is 7.78. The minimum atomic E-state index is -0.286. The SMILES string of the molecule is O=C(Nc1cccnc1)c1csc(C2Nc3cc(Cl)ccc3Oc3ccccc32)n1. The molecule has 0 fully saturated rings.